The first-order chi connectivity index (χ1) is 22.9. The number of esters is 1. The number of benzene rings is 6. The minimum atomic E-state index is -0.483. The number of para-hydroxylation sites is 3. The zero-order chi connectivity index (χ0) is 32.6. The van der Waals surface area contributed by atoms with E-state index in [1.165, 1.54) is 0 Å². The van der Waals surface area contributed by atoms with Crippen molar-refractivity contribution in [3.05, 3.63) is 169 Å². The molecule has 0 saturated carbocycles. The molecule has 0 aromatic heterocycles. The Bertz CT molecular complexity index is 1830. The second-order valence-electron chi connectivity index (χ2n) is 12.3. The van der Waals surface area contributed by atoms with Crippen LogP contribution in [-0.4, -0.2) is 5.97 Å². The van der Waals surface area contributed by atoms with Gasteiger partial charge in [0, 0.05) is 34.1 Å². The van der Waals surface area contributed by atoms with E-state index >= 15 is 0 Å². The third kappa shape index (κ3) is 7.29. The molecule has 0 unspecified atom stereocenters. The zero-order valence-electron chi connectivity index (χ0n) is 27.2. The van der Waals surface area contributed by atoms with Crippen molar-refractivity contribution in [2.75, 3.05) is 9.80 Å². The predicted molar refractivity (Wildman–Crippen MR) is 195 cm³/mol. The minimum Gasteiger partial charge on any atom is -0.460 e. The molecule has 0 atom stereocenters. The molecule has 4 nitrogen and oxygen atoms in total. The predicted octanol–water partition coefficient (Wildman–Crippen LogP) is 11.8. The van der Waals surface area contributed by atoms with Crippen LogP contribution in [0.1, 0.15) is 32.8 Å². The molecule has 6 rings (SSSR count). The fraction of sp³-hybridized carbons (Fsp3) is 0.140. The first-order valence-corrected chi connectivity index (χ1v) is 16.1. The van der Waals surface area contributed by atoms with Crippen molar-refractivity contribution in [2.45, 2.75) is 33.8 Å². The summed E-state index contributed by atoms with van der Waals surface area (Å²) in [4.78, 5) is 17.0. The summed E-state index contributed by atoms with van der Waals surface area (Å²) in [6, 6.07) is 56.9. The monoisotopic (exact) mass is 616 g/mol. The SMILES string of the molecule is CCC(C)(C)C(=O)OCc1ccc(N(c2ccccc2)c2ccc(-c3ccc(N(c4ccccc4)c4ccccc4)cc3)cc2)cc1. The van der Waals surface area contributed by atoms with E-state index in [2.05, 4.69) is 143 Å². The highest BCUT2D eigenvalue weighted by atomic mass is 16.5. The quantitative estimate of drug-likeness (QED) is 0.136. The summed E-state index contributed by atoms with van der Waals surface area (Å²) in [6.45, 7) is 6.10. The number of anilines is 6. The number of hydrogen-bond donors (Lipinski definition) is 0. The van der Waals surface area contributed by atoms with Crippen molar-refractivity contribution in [1.29, 1.82) is 0 Å². The van der Waals surface area contributed by atoms with E-state index in [0.717, 1.165) is 57.2 Å². The van der Waals surface area contributed by atoms with Gasteiger partial charge in [-0.2, -0.15) is 0 Å². The van der Waals surface area contributed by atoms with Crippen LogP contribution in [0.15, 0.2) is 164 Å². The Morgan fingerprint density at radius 3 is 1.15 bits per heavy atom. The second-order valence-corrected chi connectivity index (χ2v) is 12.3. The molecule has 0 heterocycles. The van der Waals surface area contributed by atoms with Crippen LogP contribution in [0.3, 0.4) is 0 Å². The van der Waals surface area contributed by atoms with Gasteiger partial charge in [0.15, 0.2) is 0 Å². The summed E-state index contributed by atoms with van der Waals surface area (Å²) < 4.78 is 5.62. The smallest absolute Gasteiger partial charge is 0.311 e. The number of nitrogens with zero attached hydrogens (tertiary/aromatic N) is 2. The Balaban J connectivity index is 1.24. The molecule has 0 spiro atoms. The Morgan fingerprint density at radius 1 is 0.489 bits per heavy atom. The topological polar surface area (TPSA) is 32.8 Å². The molecule has 0 fully saturated rings. The fourth-order valence-corrected chi connectivity index (χ4v) is 5.46. The van der Waals surface area contributed by atoms with Crippen LogP contribution < -0.4 is 9.80 Å². The molecule has 0 radical (unpaired) electrons. The average molecular weight is 617 g/mol. The average Bonchev–Trinajstić information content (AvgIpc) is 3.13. The van der Waals surface area contributed by atoms with E-state index in [1.807, 2.05) is 51.1 Å². The van der Waals surface area contributed by atoms with Crippen LogP contribution >= 0.6 is 0 Å². The molecule has 47 heavy (non-hydrogen) atoms. The third-order valence-electron chi connectivity index (χ3n) is 8.63. The first-order valence-electron chi connectivity index (χ1n) is 16.1. The molecule has 0 aliphatic heterocycles. The van der Waals surface area contributed by atoms with E-state index in [-0.39, 0.29) is 12.6 Å². The largest absolute Gasteiger partial charge is 0.460 e. The lowest BCUT2D eigenvalue weighted by Crippen LogP contribution is -2.25. The van der Waals surface area contributed by atoms with Crippen LogP contribution in [-0.2, 0) is 16.1 Å². The Hall–Kier alpha value is -5.61. The van der Waals surface area contributed by atoms with Crippen molar-refractivity contribution in [2.24, 2.45) is 5.41 Å². The molecule has 0 saturated heterocycles. The van der Waals surface area contributed by atoms with E-state index in [0.29, 0.717) is 0 Å². The number of carbonyl (C=O) groups excluding carboxylic acids is 1. The van der Waals surface area contributed by atoms with Crippen molar-refractivity contribution >= 4 is 40.1 Å². The van der Waals surface area contributed by atoms with Gasteiger partial charge >= 0.3 is 5.97 Å². The van der Waals surface area contributed by atoms with Gasteiger partial charge in [0.2, 0.25) is 0 Å². The van der Waals surface area contributed by atoms with Crippen LogP contribution in [0.5, 0.6) is 0 Å². The summed E-state index contributed by atoms with van der Waals surface area (Å²) in [5.74, 6) is -0.172. The standard InChI is InChI=1S/C43H40N2O2/c1-4-43(2,3)42(46)47-32-33-20-26-39(27-21-33)45(38-18-12-7-13-19-38)41-30-24-35(25-31-41)34-22-28-40(29-23-34)44(36-14-8-5-9-15-36)37-16-10-6-11-17-37/h5-31H,4,32H2,1-3H3. The molecular formula is C43H40N2O2. The van der Waals surface area contributed by atoms with E-state index in [4.69, 9.17) is 4.74 Å². The van der Waals surface area contributed by atoms with Crippen LogP contribution in [0, 0.1) is 5.41 Å². The number of rotatable bonds is 11. The maximum absolute atomic E-state index is 12.5. The number of carbonyl (C=O) groups is 1. The summed E-state index contributed by atoms with van der Waals surface area (Å²) >= 11 is 0. The van der Waals surface area contributed by atoms with Crippen molar-refractivity contribution in [1.82, 2.24) is 0 Å². The molecule has 0 N–H and O–H groups in total. The highest BCUT2D eigenvalue weighted by Crippen LogP contribution is 2.38. The fourth-order valence-electron chi connectivity index (χ4n) is 5.46. The molecule has 0 aliphatic rings. The first kappa shape index (κ1) is 31.4. The van der Waals surface area contributed by atoms with Crippen molar-refractivity contribution < 1.29 is 9.53 Å². The maximum atomic E-state index is 12.5. The molecule has 6 aromatic rings. The summed E-state index contributed by atoms with van der Waals surface area (Å²) in [5.41, 5.74) is 9.25. The molecular weight excluding hydrogens is 576 g/mol. The van der Waals surface area contributed by atoms with Gasteiger partial charge < -0.3 is 14.5 Å². The van der Waals surface area contributed by atoms with Gasteiger partial charge in [-0.1, -0.05) is 97.9 Å². The molecule has 6 aromatic carbocycles. The van der Waals surface area contributed by atoms with Gasteiger partial charge in [-0.25, -0.2) is 0 Å². The van der Waals surface area contributed by atoms with Crippen molar-refractivity contribution in [3.8, 4) is 11.1 Å². The summed E-state index contributed by atoms with van der Waals surface area (Å²) in [5, 5.41) is 0. The van der Waals surface area contributed by atoms with Crippen LogP contribution in [0.25, 0.3) is 11.1 Å². The van der Waals surface area contributed by atoms with Crippen molar-refractivity contribution in [3.63, 3.8) is 0 Å². The summed E-state index contributed by atoms with van der Waals surface area (Å²) in [6.07, 6.45) is 0.738. The van der Waals surface area contributed by atoms with Crippen LogP contribution in [0.2, 0.25) is 0 Å². The lowest BCUT2D eigenvalue weighted by atomic mass is 9.91. The molecule has 0 bridgehead atoms. The van der Waals surface area contributed by atoms with Gasteiger partial charge in [-0.3, -0.25) is 4.79 Å². The van der Waals surface area contributed by atoms with E-state index < -0.39 is 5.41 Å². The second kappa shape index (κ2) is 14.2. The number of hydrogen-bond acceptors (Lipinski definition) is 4. The van der Waals surface area contributed by atoms with E-state index in [1.54, 1.807) is 0 Å². The van der Waals surface area contributed by atoms with Gasteiger partial charge in [0.05, 0.1) is 5.41 Å². The Labute approximate surface area is 278 Å². The number of ether oxygens (including phenoxy) is 1. The third-order valence-corrected chi connectivity index (χ3v) is 8.63. The Kier molecular flexibility index (Phi) is 9.49. The normalized spacial score (nSPS) is 11.1. The Morgan fingerprint density at radius 2 is 0.809 bits per heavy atom. The maximum Gasteiger partial charge on any atom is 0.311 e. The lowest BCUT2D eigenvalue weighted by Gasteiger charge is -2.26. The molecule has 0 amide bonds. The molecule has 0 aliphatic carbocycles. The van der Waals surface area contributed by atoms with Gasteiger partial charge in [-0.15, -0.1) is 0 Å². The zero-order valence-corrected chi connectivity index (χ0v) is 27.2. The van der Waals surface area contributed by atoms with E-state index in [9.17, 15) is 4.79 Å². The lowest BCUT2D eigenvalue weighted by molar-refractivity contribution is -0.155. The highest BCUT2D eigenvalue weighted by molar-refractivity contribution is 5.81. The highest BCUT2D eigenvalue weighted by Gasteiger charge is 2.27. The summed E-state index contributed by atoms with van der Waals surface area (Å²) in [7, 11) is 0. The van der Waals surface area contributed by atoms with Crippen LogP contribution in [0.4, 0.5) is 34.1 Å². The molecule has 234 valence electrons. The van der Waals surface area contributed by atoms with Gasteiger partial charge in [0.25, 0.3) is 0 Å². The van der Waals surface area contributed by atoms with Gasteiger partial charge in [-0.05, 0) is 110 Å². The molecule has 4 heteroatoms. The van der Waals surface area contributed by atoms with Gasteiger partial charge in [0.1, 0.15) is 6.61 Å². The minimum absolute atomic E-state index is 0.172.